The van der Waals surface area contributed by atoms with E-state index in [-0.39, 0.29) is 0 Å². The Labute approximate surface area is 198 Å². The van der Waals surface area contributed by atoms with Crippen molar-refractivity contribution in [3.05, 3.63) is 72.4 Å². The molecule has 33 heavy (non-hydrogen) atoms. The molecule has 0 saturated carbocycles. The number of fused-ring (bicyclic) bond motifs is 3. The molecule has 0 atom stereocenters. The van der Waals surface area contributed by atoms with Crippen LogP contribution in [0.4, 0.5) is 5.82 Å². The fourth-order valence-electron chi connectivity index (χ4n) is 4.83. The van der Waals surface area contributed by atoms with Crippen LogP contribution in [0, 0.1) is 0 Å². The van der Waals surface area contributed by atoms with Crippen molar-refractivity contribution in [1.29, 1.82) is 0 Å². The molecule has 1 N–H and O–H groups in total. The Morgan fingerprint density at radius 1 is 0.818 bits per heavy atom. The van der Waals surface area contributed by atoms with Crippen LogP contribution >= 0.6 is 0 Å². The molecule has 174 valence electrons. The van der Waals surface area contributed by atoms with E-state index in [0.29, 0.717) is 0 Å². The van der Waals surface area contributed by atoms with Crippen molar-refractivity contribution in [3.8, 4) is 0 Å². The summed E-state index contributed by atoms with van der Waals surface area (Å²) < 4.78 is 2.48. The molecule has 0 spiro atoms. The van der Waals surface area contributed by atoms with Gasteiger partial charge in [0, 0.05) is 35.6 Å². The minimum atomic E-state index is 0.968. The number of hydrogen-bond acceptors (Lipinski definition) is 3. The third-order valence-corrected chi connectivity index (χ3v) is 6.71. The second-order valence-electron chi connectivity index (χ2n) is 8.83. The van der Waals surface area contributed by atoms with Crippen molar-refractivity contribution >= 4 is 27.6 Å². The van der Waals surface area contributed by atoms with E-state index in [1.807, 2.05) is 6.20 Å². The van der Waals surface area contributed by atoms with Gasteiger partial charge in [-0.3, -0.25) is 0 Å². The molecule has 0 amide bonds. The average molecular weight is 443 g/mol. The van der Waals surface area contributed by atoms with E-state index in [9.17, 15) is 0 Å². The van der Waals surface area contributed by atoms with Crippen LogP contribution in [-0.2, 0) is 13.0 Å². The van der Waals surface area contributed by atoms with Gasteiger partial charge in [-0.2, -0.15) is 0 Å². The summed E-state index contributed by atoms with van der Waals surface area (Å²) in [5.41, 5.74) is 3.95. The molecule has 0 aliphatic heterocycles. The molecule has 4 nitrogen and oxygen atoms in total. The van der Waals surface area contributed by atoms with E-state index in [2.05, 4.69) is 89.3 Å². The number of rotatable bonds is 13. The molecule has 0 aliphatic rings. The van der Waals surface area contributed by atoms with Gasteiger partial charge in [-0.25, -0.2) is 4.98 Å². The van der Waals surface area contributed by atoms with Crippen molar-refractivity contribution in [2.75, 3.05) is 31.5 Å². The van der Waals surface area contributed by atoms with Crippen molar-refractivity contribution in [2.45, 2.75) is 52.5 Å². The highest BCUT2D eigenvalue weighted by atomic mass is 15.1. The highest BCUT2D eigenvalue weighted by molar-refractivity contribution is 6.11. The number of pyridine rings is 1. The Morgan fingerprint density at radius 3 is 2.42 bits per heavy atom. The fraction of sp³-hybridized carbons (Fsp3) is 0.414. The van der Waals surface area contributed by atoms with Crippen LogP contribution in [0.15, 0.2) is 66.9 Å². The lowest BCUT2D eigenvalue weighted by atomic mass is 10.1. The molecule has 4 rings (SSSR count). The van der Waals surface area contributed by atoms with E-state index in [1.54, 1.807) is 0 Å². The summed E-state index contributed by atoms with van der Waals surface area (Å²) >= 11 is 0. The van der Waals surface area contributed by atoms with Crippen molar-refractivity contribution in [2.24, 2.45) is 0 Å². The fourth-order valence-corrected chi connectivity index (χ4v) is 4.83. The van der Waals surface area contributed by atoms with Gasteiger partial charge < -0.3 is 14.8 Å². The molecule has 0 radical (unpaired) electrons. The zero-order valence-corrected chi connectivity index (χ0v) is 20.3. The molecular weight excluding hydrogens is 404 g/mol. The molecule has 2 heterocycles. The van der Waals surface area contributed by atoms with Crippen LogP contribution in [0.3, 0.4) is 0 Å². The molecule has 0 fully saturated rings. The van der Waals surface area contributed by atoms with Gasteiger partial charge in [-0.15, -0.1) is 0 Å². The Balaban J connectivity index is 1.46. The zero-order chi connectivity index (χ0) is 22.9. The van der Waals surface area contributed by atoms with E-state index >= 15 is 0 Å². The van der Waals surface area contributed by atoms with Gasteiger partial charge in [0.05, 0.1) is 5.52 Å². The molecular formula is C29H38N4. The molecule has 0 saturated heterocycles. The predicted octanol–water partition coefficient (Wildman–Crippen LogP) is 6.75. The Kier molecular flexibility index (Phi) is 8.37. The van der Waals surface area contributed by atoms with Gasteiger partial charge in [0.25, 0.3) is 0 Å². The van der Waals surface area contributed by atoms with Crippen LogP contribution in [0.25, 0.3) is 21.8 Å². The van der Waals surface area contributed by atoms with E-state index in [4.69, 9.17) is 4.98 Å². The lowest BCUT2D eigenvalue weighted by Crippen LogP contribution is -2.23. The van der Waals surface area contributed by atoms with Gasteiger partial charge >= 0.3 is 0 Å². The second kappa shape index (κ2) is 11.9. The number of unbranched alkanes of at least 4 members (excludes halogenated alkanes) is 2. The van der Waals surface area contributed by atoms with Crippen molar-refractivity contribution < 1.29 is 0 Å². The predicted molar refractivity (Wildman–Crippen MR) is 142 cm³/mol. The lowest BCUT2D eigenvalue weighted by Gasteiger charge is -2.17. The molecule has 0 unspecified atom stereocenters. The van der Waals surface area contributed by atoms with Gasteiger partial charge in [-0.1, -0.05) is 68.8 Å². The van der Waals surface area contributed by atoms with Gasteiger partial charge in [-0.05, 0) is 63.0 Å². The largest absolute Gasteiger partial charge is 0.368 e. The molecule has 2 aromatic heterocycles. The maximum Gasteiger partial charge on any atom is 0.150 e. The van der Waals surface area contributed by atoms with Gasteiger partial charge in [0.1, 0.15) is 0 Å². The minimum Gasteiger partial charge on any atom is -0.368 e. The van der Waals surface area contributed by atoms with Gasteiger partial charge in [0.2, 0.25) is 0 Å². The molecule has 4 heteroatoms. The number of aryl methyl sites for hydroxylation is 2. The van der Waals surface area contributed by atoms with E-state index in [1.165, 1.54) is 53.2 Å². The topological polar surface area (TPSA) is 33.1 Å². The summed E-state index contributed by atoms with van der Waals surface area (Å²) in [5.74, 6) is 1.02. The molecule has 2 aromatic carbocycles. The quantitative estimate of drug-likeness (QED) is 0.233. The smallest absolute Gasteiger partial charge is 0.150 e. The van der Waals surface area contributed by atoms with Crippen LogP contribution < -0.4 is 5.32 Å². The summed E-state index contributed by atoms with van der Waals surface area (Å²) in [4.78, 5) is 7.27. The molecule has 4 aromatic rings. The summed E-state index contributed by atoms with van der Waals surface area (Å²) in [6.07, 6.45) is 7.83. The summed E-state index contributed by atoms with van der Waals surface area (Å²) in [7, 11) is 0. The first-order valence-electron chi connectivity index (χ1n) is 12.7. The maximum atomic E-state index is 4.76. The maximum absolute atomic E-state index is 4.76. The number of nitrogens with one attached hydrogen (secondary N) is 1. The number of aromatic nitrogens is 2. The Morgan fingerprint density at radius 2 is 1.61 bits per heavy atom. The number of hydrogen-bond donors (Lipinski definition) is 1. The first-order chi connectivity index (χ1) is 16.3. The number of para-hydroxylation sites is 1. The first kappa shape index (κ1) is 23.3. The normalized spacial score (nSPS) is 11.6. The standard InChI is InChI=1S/C29H38N4/c1-3-32(4-2)22-12-6-11-20-30-29-28-26(19-21-31-29)25-17-9-10-18-27(25)33(28)23-13-16-24-14-7-5-8-15-24/h5,7-10,14-15,17-19,21H,3-4,6,11-13,16,20,22-23H2,1-2H3,(H,30,31). The third kappa shape index (κ3) is 5.75. The van der Waals surface area contributed by atoms with Crippen LogP contribution in [0.5, 0.6) is 0 Å². The SMILES string of the molecule is CCN(CC)CCCCCNc1nccc2c3ccccc3n(CCCc3ccccc3)c12. The lowest BCUT2D eigenvalue weighted by molar-refractivity contribution is 0.296. The van der Waals surface area contributed by atoms with E-state index < -0.39 is 0 Å². The number of benzene rings is 2. The number of nitrogens with zero attached hydrogens (tertiary/aromatic N) is 3. The van der Waals surface area contributed by atoms with Crippen molar-refractivity contribution in [1.82, 2.24) is 14.5 Å². The zero-order valence-electron chi connectivity index (χ0n) is 20.3. The molecule has 0 bridgehead atoms. The monoisotopic (exact) mass is 442 g/mol. The summed E-state index contributed by atoms with van der Waals surface area (Å²) in [6, 6.07) is 21.7. The molecule has 0 aliphatic carbocycles. The highest BCUT2D eigenvalue weighted by Gasteiger charge is 2.14. The van der Waals surface area contributed by atoms with Gasteiger partial charge in [0.15, 0.2) is 5.82 Å². The average Bonchev–Trinajstić information content (AvgIpc) is 3.19. The van der Waals surface area contributed by atoms with Crippen LogP contribution in [0.1, 0.15) is 45.1 Å². The Hall–Kier alpha value is -2.85. The summed E-state index contributed by atoms with van der Waals surface area (Å²) in [5, 5.41) is 6.28. The number of anilines is 1. The summed E-state index contributed by atoms with van der Waals surface area (Å²) in [6.45, 7) is 9.95. The second-order valence-corrected chi connectivity index (χ2v) is 8.83. The van der Waals surface area contributed by atoms with E-state index in [0.717, 1.165) is 44.8 Å². The van der Waals surface area contributed by atoms with Crippen molar-refractivity contribution in [3.63, 3.8) is 0 Å². The Bertz CT molecular complexity index is 1130. The van der Waals surface area contributed by atoms with Crippen LogP contribution in [0.2, 0.25) is 0 Å². The minimum absolute atomic E-state index is 0.968. The highest BCUT2D eigenvalue weighted by Crippen LogP contribution is 2.32. The first-order valence-corrected chi connectivity index (χ1v) is 12.7. The van der Waals surface area contributed by atoms with Crippen LogP contribution in [-0.4, -0.2) is 40.6 Å². The third-order valence-electron chi connectivity index (χ3n) is 6.71.